The van der Waals surface area contributed by atoms with Crippen molar-refractivity contribution in [2.75, 3.05) is 10.7 Å². The zero-order valence-corrected chi connectivity index (χ0v) is 13.6. The zero-order valence-electron chi connectivity index (χ0n) is 13.6. The maximum Gasteiger partial charge on any atom is 0.260 e. The molecule has 0 spiro atoms. The van der Waals surface area contributed by atoms with Gasteiger partial charge in [-0.3, -0.25) is 15.2 Å². The van der Waals surface area contributed by atoms with Crippen LogP contribution in [0.5, 0.6) is 5.88 Å². The molecule has 26 heavy (non-hydrogen) atoms. The molecule has 1 aliphatic rings. The highest BCUT2D eigenvalue weighted by atomic mass is 16.3. The van der Waals surface area contributed by atoms with Gasteiger partial charge in [0.1, 0.15) is 10.9 Å². The smallest absolute Gasteiger partial charge is 0.260 e. The van der Waals surface area contributed by atoms with Crippen molar-refractivity contribution in [3.63, 3.8) is 0 Å². The summed E-state index contributed by atoms with van der Waals surface area (Å²) in [5.74, 6) is -0.376. The summed E-state index contributed by atoms with van der Waals surface area (Å²) in [6.07, 6.45) is 1.65. The predicted molar refractivity (Wildman–Crippen MR) is 99.7 cm³/mol. The third-order valence-corrected chi connectivity index (χ3v) is 4.10. The van der Waals surface area contributed by atoms with Gasteiger partial charge in [0.15, 0.2) is 5.84 Å². The van der Waals surface area contributed by atoms with Gasteiger partial charge in [0.05, 0.1) is 10.9 Å². The van der Waals surface area contributed by atoms with Gasteiger partial charge in [0.2, 0.25) is 5.88 Å². The molecule has 2 heterocycles. The first-order chi connectivity index (χ1) is 12.5. The van der Waals surface area contributed by atoms with E-state index in [0.29, 0.717) is 11.4 Å². The molecule has 0 unspecified atom stereocenters. The van der Waals surface area contributed by atoms with E-state index < -0.39 is 5.56 Å². The Morgan fingerprint density at radius 1 is 1.12 bits per heavy atom. The van der Waals surface area contributed by atoms with Gasteiger partial charge < -0.3 is 10.8 Å². The molecule has 5 N–H and O–H groups in total. The summed E-state index contributed by atoms with van der Waals surface area (Å²) in [4.78, 5) is 14.8. The number of para-hydroxylation sites is 1. The summed E-state index contributed by atoms with van der Waals surface area (Å²) in [5.41, 5.74) is 7.45. The van der Waals surface area contributed by atoms with E-state index in [0.717, 1.165) is 5.56 Å². The number of nitrogens with one attached hydrogen (secondary N) is 2. The largest absolute Gasteiger partial charge is 0.494 e. The van der Waals surface area contributed by atoms with Crippen LogP contribution in [0.2, 0.25) is 0 Å². The average Bonchev–Trinajstić information content (AvgIpc) is 2.99. The number of rotatable bonds is 2. The van der Waals surface area contributed by atoms with Crippen molar-refractivity contribution in [1.29, 1.82) is 5.41 Å². The normalized spacial score (nSPS) is 13.6. The summed E-state index contributed by atoms with van der Waals surface area (Å²) >= 11 is 0. The highest BCUT2D eigenvalue weighted by Crippen LogP contribution is 2.21. The quantitative estimate of drug-likeness (QED) is 0.515. The van der Waals surface area contributed by atoms with Crippen LogP contribution in [-0.2, 0) is 0 Å². The molecule has 0 bridgehead atoms. The van der Waals surface area contributed by atoms with E-state index in [2.05, 4.69) is 10.1 Å². The summed E-state index contributed by atoms with van der Waals surface area (Å²) in [6, 6.07) is 16.1. The van der Waals surface area contributed by atoms with Gasteiger partial charge in [0.25, 0.3) is 5.56 Å². The fraction of sp³-hybridized carbons (Fsp3) is 0. The molecule has 3 aromatic rings. The number of aromatic amines is 1. The first-order valence-electron chi connectivity index (χ1n) is 7.90. The zero-order chi connectivity index (χ0) is 18.3. The Balaban J connectivity index is 1.98. The number of anilines is 2. The Morgan fingerprint density at radius 3 is 2.50 bits per heavy atom. The number of nitrogens with two attached hydrogens (primary N) is 1. The number of nitrogen functional groups attached to an aromatic ring is 1. The summed E-state index contributed by atoms with van der Waals surface area (Å²) in [6.45, 7) is 0. The van der Waals surface area contributed by atoms with Crippen LogP contribution in [0.25, 0.3) is 6.08 Å². The van der Waals surface area contributed by atoms with Crippen LogP contribution < -0.4 is 26.9 Å². The van der Waals surface area contributed by atoms with Crippen molar-refractivity contribution in [2.45, 2.75) is 0 Å². The number of aromatic nitrogens is 1. The predicted octanol–water partition coefficient (Wildman–Crippen LogP) is 0.872. The van der Waals surface area contributed by atoms with Gasteiger partial charge in [0, 0.05) is 5.69 Å². The number of benzene rings is 2. The topological polar surface area (TPSA) is 119 Å². The maximum atomic E-state index is 12.4. The second-order valence-corrected chi connectivity index (χ2v) is 5.85. The lowest BCUT2D eigenvalue weighted by Crippen LogP contribution is -2.42. The van der Waals surface area contributed by atoms with E-state index >= 15 is 0 Å². The molecule has 7 nitrogen and oxygen atoms in total. The number of hydrogen-bond acceptors (Lipinski definition) is 5. The summed E-state index contributed by atoms with van der Waals surface area (Å²) in [5, 5.41) is 24.8. The average molecular weight is 345 g/mol. The molecule has 0 aliphatic carbocycles. The highest BCUT2D eigenvalue weighted by Gasteiger charge is 2.26. The lowest BCUT2D eigenvalue weighted by Gasteiger charge is -2.13. The Bertz CT molecular complexity index is 1180. The third kappa shape index (κ3) is 2.51. The second-order valence-electron chi connectivity index (χ2n) is 5.85. The summed E-state index contributed by atoms with van der Waals surface area (Å²) < 4.78 is 0. The minimum atomic E-state index is -0.482. The first-order valence-corrected chi connectivity index (χ1v) is 7.90. The second kappa shape index (κ2) is 5.89. The van der Waals surface area contributed by atoms with Crippen LogP contribution in [0.3, 0.4) is 0 Å². The van der Waals surface area contributed by atoms with Crippen molar-refractivity contribution < 1.29 is 5.11 Å². The standard InChI is InChI=1S/C19H15N5O2/c20-12-8-6-11(7-9-12)10-14-16-15(19(26)22-18(14)25)17(21)24(23-16)13-4-2-1-3-5-13/h1-10,21,26H,20H2,(H,22,25)/b14-10+,21-17?. The van der Waals surface area contributed by atoms with Crippen molar-refractivity contribution in [3.8, 4) is 5.88 Å². The first kappa shape index (κ1) is 15.6. The van der Waals surface area contributed by atoms with E-state index in [9.17, 15) is 9.90 Å². The lowest BCUT2D eigenvalue weighted by atomic mass is 10.1. The number of pyridine rings is 1. The van der Waals surface area contributed by atoms with Crippen molar-refractivity contribution in [1.82, 2.24) is 4.98 Å². The van der Waals surface area contributed by atoms with Gasteiger partial charge >= 0.3 is 0 Å². The Kier molecular flexibility index (Phi) is 3.54. The van der Waals surface area contributed by atoms with Gasteiger partial charge in [-0.2, -0.15) is 5.10 Å². The van der Waals surface area contributed by atoms with Crippen LogP contribution in [-0.4, -0.2) is 15.9 Å². The Labute approximate surface area is 147 Å². The molecule has 4 rings (SSSR count). The number of H-pyrrole nitrogens is 1. The Morgan fingerprint density at radius 2 is 1.81 bits per heavy atom. The number of hydrogen-bond donors (Lipinski definition) is 4. The van der Waals surface area contributed by atoms with Gasteiger partial charge in [-0.25, -0.2) is 5.01 Å². The molecule has 0 saturated carbocycles. The molecule has 0 saturated heterocycles. The molecule has 0 atom stereocenters. The van der Waals surface area contributed by atoms with E-state index in [4.69, 9.17) is 11.1 Å². The van der Waals surface area contributed by atoms with Crippen LogP contribution >= 0.6 is 0 Å². The highest BCUT2D eigenvalue weighted by molar-refractivity contribution is 6.10. The van der Waals surface area contributed by atoms with Crippen LogP contribution in [0.4, 0.5) is 11.4 Å². The van der Waals surface area contributed by atoms with Crippen LogP contribution in [0.15, 0.2) is 64.5 Å². The molecule has 1 aliphatic heterocycles. The van der Waals surface area contributed by atoms with Gasteiger partial charge in [-0.15, -0.1) is 0 Å². The summed E-state index contributed by atoms with van der Waals surface area (Å²) in [7, 11) is 0. The number of fused-ring (bicyclic) bond motifs is 1. The fourth-order valence-corrected chi connectivity index (χ4v) is 2.82. The third-order valence-electron chi connectivity index (χ3n) is 4.10. The molecule has 2 aromatic carbocycles. The van der Waals surface area contributed by atoms with Gasteiger partial charge in [-0.1, -0.05) is 30.3 Å². The van der Waals surface area contributed by atoms with E-state index in [-0.39, 0.29) is 27.9 Å². The Hall–Kier alpha value is -3.87. The number of nitrogens with zero attached hydrogens (tertiary/aromatic N) is 2. The van der Waals surface area contributed by atoms with Crippen molar-refractivity contribution in [2.24, 2.45) is 5.10 Å². The molecule has 0 radical (unpaired) electrons. The molecule has 128 valence electrons. The van der Waals surface area contributed by atoms with Gasteiger partial charge in [-0.05, 0) is 35.9 Å². The minimum Gasteiger partial charge on any atom is -0.494 e. The SMILES string of the molecule is N=C1c2c(O)[nH]c(=O)/c(=C/c3ccc(N)cc3)c2=NN1c1ccccc1. The maximum absolute atomic E-state index is 12.4. The molecule has 1 aromatic heterocycles. The monoisotopic (exact) mass is 345 g/mol. The van der Waals surface area contributed by atoms with E-state index in [1.165, 1.54) is 5.01 Å². The van der Waals surface area contributed by atoms with Crippen LogP contribution in [0.1, 0.15) is 11.1 Å². The number of amidine groups is 1. The minimum absolute atomic E-state index is 0.00749. The van der Waals surface area contributed by atoms with Crippen molar-refractivity contribution in [3.05, 3.63) is 86.7 Å². The van der Waals surface area contributed by atoms with E-state index in [1.54, 1.807) is 42.5 Å². The molecular weight excluding hydrogens is 330 g/mol. The molecular formula is C19H15N5O2. The van der Waals surface area contributed by atoms with Crippen LogP contribution in [0, 0.1) is 5.41 Å². The number of aromatic hydroxyl groups is 1. The lowest BCUT2D eigenvalue weighted by molar-refractivity contribution is 0.449. The molecule has 7 heteroatoms. The molecule has 0 amide bonds. The fourth-order valence-electron chi connectivity index (χ4n) is 2.82. The molecule has 0 fully saturated rings. The van der Waals surface area contributed by atoms with E-state index in [1.807, 2.05) is 18.2 Å². The van der Waals surface area contributed by atoms with Crippen molar-refractivity contribution >= 4 is 23.3 Å².